The van der Waals surface area contributed by atoms with E-state index in [1.807, 2.05) is 0 Å². The minimum Gasteiger partial charge on any atom is -0.748 e. The van der Waals surface area contributed by atoms with Gasteiger partial charge in [-0.15, -0.1) is 0 Å². The summed E-state index contributed by atoms with van der Waals surface area (Å²) in [5.41, 5.74) is 0. The van der Waals surface area contributed by atoms with Crippen molar-refractivity contribution < 1.29 is 34.2 Å². The van der Waals surface area contributed by atoms with Crippen LogP contribution in [0.15, 0.2) is 60.7 Å². The van der Waals surface area contributed by atoms with Crippen LogP contribution in [0.5, 0.6) is 0 Å². The van der Waals surface area contributed by atoms with Gasteiger partial charge in [-0.1, -0.05) is 36.4 Å². The predicted molar refractivity (Wildman–Crippen MR) is 79.7 cm³/mol. The van der Waals surface area contributed by atoms with Gasteiger partial charge in [-0.2, -0.15) is 0 Å². The molecule has 0 heterocycles. The van der Waals surface area contributed by atoms with Gasteiger partial charge in [-0.3, -0.25) is 0 Å². The van der Waals surface area contributed by atoms with E-state index in [9.17, 15) is 13.0 Å². The SMILES string of the molecule is CC(C)(C)S(=O)(=O)[O-].c1ccc([I+]c2ccccc2)cc1. The average molecular weight is 418 g/mol. The Labute approximate surface area is 137 Å². The normalized spacial score (nSPS) is 11.4. The summed E-state index contributed by atoms with van der Waals surface area (Å²) in [6.45, 7) is 4.11. The molecule has 114 valence electrons. The third-order valence-electron chi connectivity index (χ3n) is 2.43. The number of hydrogen-bond acceptors (Lipinski definition) is 3. The summed E-state index contributed by atoms with van der Waals surface area (Å²) in [5, 5.41) is 0. The molecule has 2 aromatic carbocycles. The number of benzene rings is 2. The van der Waals surface area contributed by atoms with Gasteiger partial charge in [0.2, 0.25) is 0 Å². The van der Waals surface area contributed by atoms with Crippen molar-refractivity contribution in [2.24, 2.45) is 0 Å². The molecule has 0 unspecified atom stereocenters. The molecule has 0 aliphatic heterocycles. The van der Waals surface area contributed by atoms with Crippen LogP contribution in [-0.2, 0) is 10.1 Å². The Morgan fingerprint density at radius 1 is 0.810 bits per heavy atom. The highest BCUT2D eigenvalue weighted by atomic mass is 127. The Bertz CT molecular complexity index is 595. The largest absolute Gasteiger partial charge is 0.748 e. The fourth-order valence-electron chi connectivity index (χ4n) is 1.08. The predicted octanol–water partition coefficient (Wildman–Crippen LogP) is 0.145. The van der Waals surface area contributed by atoms with Gasteiger partial charge in [-0.05, 0) is 45.0 Å². The van der Waals surface area contributed by atoms with Gasteiger partial charge in [0.1, 0.15) is 0 Å². The lowest BCUT2D eigenvalue weighted by atomic mass is 10.3. The monoisotopic (exact) mass is 418 g/mol. The second-order valence-electron chi connectivity index (χ2n) is 5.25. The molecule has 0 spiro atoms. The summed E-state index contributed by atoms with van der Waals surface area (Å²) in [6.07, 6.45) is 0. The highest BCUT2D eigenvalue weighted by Gasteiger charge is 2.17. The van der Waals surface area contributed by atoms with Gasteiger partial charge >= 0.3 is 21.2 Å². The van der Waals surface area contributed by atoms with Crippen molar-refractivity contribution in [2.75, 3.05) is 0 Å². The van der Waals surface area contributed by atoms with E-state index in [1.165, 1.54) is 27.9 Å². The van der Waals surface area contributed by atoms with E-state index < -0.39 is 14.9 Å². The maximum absolute atomic E-state index is 10.1. The van der Waals surface area contributed by atoms with E-state index in [1.54, 1.807) is 0 Å². The topological polar surface area (TPSA) is 57.2 Å². The van der Waals surface area contributed by atoms with Gasteiger partial charge in [0.15, 0.2) is 7.14 Å². The first kappa shape index (κ1) is 18.1. The average Bonchev–Trinajstić information content (AvgIpc) is 2.39. The number of hydrogen-bond donors (Lipinski definition) is 0. The smallest absolute Gasteiger partial charge is 0.357 e. The zero-order valence-electron chi connectivity index (χ0n) is 12.3. The molecule has 0 N–H and O–H groups in total. The Kier molecular flexibility index (Phi) is 6.83. The van der Waals surface area contributed by atoms with Crippen molar-refractivity contribution in [1.29, 1.82) is 0 Å². The fourth-order valence-corrected chi connectivity index (χ4v) is 3.35. The summed E-state index contributed by atoms with van der Waals surface area (Å²) >= 11 is 0.0287. The minimum absolute atomic E-state index is 0.0287. The van der Waals surface area contributed by atoms with Crippen LogP contribution in [0, 0.1) is 7.14 Å². The molecule has 0 bridgehead atoms. The van der Waals surface area contributed by atoms with Gasteiger partial charge in [-0.25, -0.2) is 8.42 Å². The van der Waals surface area contributed by atoms with Gasteiger partial charge in [0.05, 0.1) is 14.9 Å². The molecule has 0 aliphatic rings. The van der Waals surface area contributed by atoms with Crippen molar-refractivity contribution >= 4 is 10.1 Å². The molecule has 5 heteroatoms. The molecular weight excluding hydrogens is 399 g/mol. The molecule has 0 fully saturated rings. The first-order chi connectivity index (χ1) is 9.70. The maximum Gasteiger partial charge on any atom is 0.357 e. The van der Waals surface area contributed by atoms with Crippen LogP contribution in [0.2, 0.25) is 0 Å². The van der Waals surface area contributed by atoms with Crippen LogP contribution in [-0.4, -0.2) is 17.7 Å². The summed E-state index contributed by atoms with van der Waals surface area (Å²) in [5.74, 6) is 0. The molecule has 0 radical (unpaired) electrons. The van der Waals surface area contributed by atoms with E-state index in [0.29, 0.717) is 0 Å². The first-order valence-corrected chi connectivity index (χ1v) is 9.97. The Hall–Kier alpha value is -0.920. The fraction of sp³-hybridized carbons (Fsp3) is 0.250. The highest BCUT2D eigenvalue weighted by molar-refractivity contribution is 7.87. The van der Waals surface area contributed by atoms with E-state index in [4.69, 9.17) is 0 Å². The zero-order valence-corrected chi connectivity index (χ0v) is 15.3. The molecule has 0 amide bonds. The minimum atomic E-state index is -4.09. The molecule has 0 aromatic heterocycles. The standard InChI is InChI=1S/C12H10I.C4H10O3S/c1-3-7-11(8-4-1)13-12-9-5-2-6-10-12;1-4(2,3)8(5,6)7/h1-10H;1-3H3,(H,5,6,7)/q+1;/p-1. The summed E-state index contributed by atoms with van der Waals surface area (Å²) in [4.78, 5) is 0. The van der Waals surface area contributed by atoms with Gasteiger partial charge < -0.3 is 4.55 Å². The molecule has 2 aromatic rings. The van der Waals surface area contributed by atoms with Crippen LogP contribution in [0.1, 0.15) is 20.8 Å². The van der Waals surface area contributed by atoms with Crippen molar-refractivity contribution in [1.82, 2.24) is 0 Å². The lowest BCUT2D eigenvalue weighted by molar-refractivity contribution is -0.597. The molecular formula is C16H19IO3S. The highest BCUT2D eigenvalue weighted by Crippen LogP contribution is 2.11. The molecule has 0 saturated carbocycles. The summed E-state index contributed by atoms with van der Waals surface area (Å²) < 4.78 is 32.1. The Balaban J connectivity index is 0.000000240. The molecule has 2 rings (SSSR count). The third-order valence-corrected chi connectivity index (χ3v) is 6.62. The molecule has 0 atom stereocenters. The van der Waals surface area contributed by atoms with Crippen LogP contribution < -0.4 is 21.2 Å². The van der Waals surface area contributed by atoms with E-state index in [-0.39, 0.29) is 21.2 Å². The van der Waals surface area contributed by atoms with Crippen LogP contribution in [0.25, 0.3) is 0 Å². The van der Waals surface area contributed by atoms with Crippen molar-refractivity contribution in [3.8, 4) is 0 Å². The van der Waals surface area contributed by atoms with Gasteiger partial charge in [0.25, 0.3) is 0 Å². The van der Waals surface area contributed by atoms with Crippen molar-refractivity contribution in [2.45, 2.75) is 25.5 Å². The maximum atomic E-state index is 10.1. The summed E-state index contributed by atoms with van der Waals surface area (Å²) in [6, 6.07) is 21.4. The van der Waals surface area contributed by atoms with Crippen molar-refractivity contribution in [3.63, 3.8) is 0 Å². The second kappa shape index (κ2) is 7.91. The molecule has 0 saturated heterocycles. The zero-order chi connectivity index (χ0) is 15.9. The van der Waals surface area contributed by atoms with E-state index >= 15 is 0 Å². The summed E-state index contributed by atoms with van der Waals surface area (Å²) in [7, 11) is -4.09. The Morgan fingerprint density at radius 3 is 1.33 bits per heavy atom. The molecule has 3 nitrogen and oxygen atoms in total. The lowest BCUT2D eigenvalue weighted by Gasteiger charge is -2.22. The van der Waals surface area contributed by atoms with Gasteiger partial charge in [0, 0.05) is 0 Å². The van der Waals surface area contributed by atoms with Crippen LogP contribution >= 0.6 is 0 Å². The lowest BCUT2D eigenvalue weighted by Crippen LogP contribution is -3.61. The van der Waals surface area contributed by atoms with E-state index in [2.05, 4.69) is 60.7 Å². The quantitative estimate of drug-likeness (QED) is 0.516. The first-order valence-electron chi connectivity index (χ1n) is 6.40. The van der Waals surface area contributed by atoms with E-state index in [0.717, 1.165) is 0 Å². The van der Waals surface area contributed by atoms with Crippen LogP contribution in [0.4, 0.5) is 0 Å². The van der Waals surface area contributed by atoms with Crippen LogP contribution in [0.3, 0.4) is 0 Å². The number of halogens is 1. The molecule has 0 aliphatic carbocycles. The third kappa shape index (κ3) is 7.06. The van der Waals surface area contributed by atoms with Crippen molar-refractivity contribution in [3.05, 3.63) is 67.8 Å². The number of rotatable bonds is 2. The Morgan fingerprint density at radius 2 is 1.10 bits per heavy atom. The molecule has 21 heavy (non-hydrogen) atoms. The second-order valence-corrected chi connectivity index (χ2v) is 10.4.